The molecular formula is C20H20N2O5. The molecule has 2 aromatic rings. The second-order valence-corrected chi connectivity index (χ2v) is 5.81. The Labute approximate surface area is 157 Å². The zero-order valence-electron chi connectivity index (χ0n) is 15.3. The van der Waals surface area contributed by atoms with Crippen LogP contribution in [0.2, 0.25) is 0 Å². The molecule has 1 aliphatic rings. The number of nitrogens with one attached hydrogen (secondary N) is 1. The number of carbonyl (C=O) groups excluding carboxylic acids is 2. The van der Waals surface area contributed by atoms with Crippen LogP contribution in [-0.4, -0.2) is 38.2 Å². The van der Waals surface area contributed by atoms with Crippen molar-refractivity contribution in [3.05, 3.63) is 59.3 Å². The first kappa shape index (κ1) is 18.3. The molecule has 1 fully saturated rings. The maximum absolute atomic E-state index is 12.7. The average Bonchev–Trinajstić information content (AvgIpc) is 2.96. The number of urea groups is 1. The van der Waals surface area contributed by atoms with Gasteiger partial charge in [0.25, 0.3) is 5.91 Å². The van der Waals surface area contributed by atoms with E-state index in [4.69, 9.17) is 14.2 Å². The topological polar surface area (TPSA) is 77.1 Å². The maximum Gasteiger partial charge on any atom is 0.329 e. The number of ether oxygens (including phenoxy) is 3. The lowest BCUT2D eigenvalue weighted by Gasteiger charge is -2.13. The van der Waals surface area contributed by atoms with Crippen molar-refractivity contribution in [1.29, 1.82) is 0 Å². The first-order valence-electron chi connectivity index (χ1n) is 8.26. The van der Waals surface area contributed by atoms with E-state index in [1.807, 2.05) is 30.3 Å². The number of imide groups is 1. The molecule has 7 nitrogen and oxygen atoms in total. The van der Waals surface area contributed by atoms with Gasteiger partial charge in [0, 0.05) is 12.1 Å². The molecule has 0 atom stereocenters. The van der Waals surface area contributed by atoms with Crippen LogP contribution in [0.3, 0.4) is 0 Å². The van der Waals surface area contributed by atoms with Crippen LogP contribution >= 0.6 is 0 Å². The minimum absolute atomic E-state index is 0.151. The number of carbonyl (C=O) groups is 2. The molecule has 3 rings (SSSR count). The average molecular weight is 368 g/mol. The summed E-state index contributed by atoms with van der Waals surface area (Å²) < 4.78 is 16.0. The third kappa shape index (κ3) is 3.72. The number of rotatable bonds is 6. The Kier molecular flexibility index (Phi) is 5.30. The maximum atomic E-state index is 12.7. The van der Waals surface area contributed by atoms with Gasteiger partial charge < -0.3 is 19.5 Å². The van der Waals surface area contributed by atoms with Crippen molar-refractivity contribution in [2.45, 2.75) is 6.54 Å². The lowest BCUT2D eigenvalue weighted by Crippen LogP contribution is -2.30. The van der Waals surface area contributed by atoms with Gasteiger partial charge in [0.15, 0.2) is 0 Å². The van der Waals surface area contributed by atoms with Gasteiger partial charge in [0.05, 0.1) is 33.4 Å². The Bertz CT molecular complexity index is 867. The van der Waals surface area contributed by atoms with Gasteiger partial charge in [-0.2, -0.15) is 0 Å². The Morgan fingerprint density at radius 3 is 2.15 bits per heavy atom. The van der Waals surface area contributed by atoms with Crippen LogP contribution in [0.1, 0.15) is 11.1 Å². The van der Waals surface area contributed by atoms with Crippen LogP contribution < -0.4 is 19.5 Å². The fourth-order valence-corrected chi connectivity index (χ4v) is 2.80. The Balaban J connectivity index is 1.94. The van der Waals surface area contributed by atoms with Crippen LogP contribution in [-0.2, 0) is 11.3 Å². The third-order valence-corrected chi connectivity index (χ3v) is 4.19. The molecule has 27 heavy (non-hydrogen) atoms. The smallest absolute Gasteiger partial charge is 0.329 e. The van der Waals surface area contributed by atoms with E-state index in [0.717, 1.165) is 10.5 Å². The first-order valence-corrected chi connectivity index (χ1v) is 8.26. The third-order valence-electron chi connectivity index (χ3n) is 4.19. The van der Waals surface area contributed by atoms with Crippen LogP contribution in [0.25, 0.3) is 6.08 Å². The van der Waals surface area contributed by atoms with Crippen molar-refractivity contribution < 1.29 is 23.8 Å². The lowest BCUT2D eigenvalue weighted by atomic mass is 10.1. The van der Waals surface area contributed by atoms with Gasteiger partial charge >= 0.3 is 6.03 Å². The standard InChI is InChI=1S/C20H20N2O5/c1-25-14-9-17(26-2)15(18(10-14)27-3)11-16-19(23)22(20(24)21-16)12-13-7-5-4-6-8-13/h4-11H,12H2,1-3H3,(H,21,24)/b16-11+. The molecule has 0 radical (unpaired) electrons. The van der Waals surface area contributed by atoms with Gasteiger partial charge in [0.1, 0.15) is 22.9 Å². The summed E-state index contributed by atoms with van der Waals surface area (Å²) in [7, 11) is 4.55. The summed E-state index contributed by atoms with van der Waals surface area (Å²) in [6.45, 7) is 0.194. The summed E-state index contributed by atoms with van der Waals surface area (Å²) in [6.07, 6.45) is 1.54. The van der Waals surface area contributed by atoms with E-state index >= 15 is 0 Å². The van der Waals surface area contributed by atoms with E-state index in [2.05, 4.69) is 5.32 Å². The molecule has 0 aliphatic carbocycles. The van der Waals surface area contributed by atoms with Crippen LogP contribution in [0.5, 0.6) is 17.2 Å². The van der Waals surface area contributed by atoms with Crippen molar-refractivity contribution >= 4 is 18.0 Å². The monoisotopic (exact) mass is 368 g/mol. The summed E-state index contributed by atoms with van der Waals surface area (Å²) in [6, 6.07) is 12.2. The second-order valence-electron chi connectivity index (χ2n) is 5.81. The van der Waals surface area contributed by atoms with Crippen molar-refractivity contribution in [2.75, 3.05) is 21.3 Å². The van der Waals surface area contributed by atoms with E-state index in [-0.39, 0.29) is 12.2 Å². The van der Waals surface area contributed by atoms with Crippen molar-refractivity contribution in [3.63, 3.8) is 0 Å². The molecule has 0 aromatic heterocycles. The van der Waals surface area contributed by atoms with Gasteiger partial charge in [-0.1, -0.05) is 30.3 Å². The van der Waals surface area contributed by atoms with E-state index < -0.39 is 11.9 Å². The summed E-state index contributed by atoms with van der Waals surface area (Å²) in [5, 5.41) is 2.61. The molecule has 1 saturated heterocycles. The highest BCUT2D eigenvalue weighted by atomic mass is 16.5. The van der Waals surface area contributed by atoms with Gasteiger partial charge in [-0.05, 0) is 11.6 Å². The number of hydrogen-bond acceptors (Lipinski definition) is 5. The van der Waals surface area contributed by atoms with Crippen LogP contribution in [0.15, 0.2) is 48.2 Å². The lowest BCUT2D eigenvalue weighted by molar-refractivity contribution is -0.123. The molecule has 7 heteroatoms. The quantitative estimate of drug-likeness (QED) is 0.627. The highest BCUT2D eigenvalue weighted by Gasteiger charge is 2.34. The van der Waals surface area contributed by atoms with Crippen molar-refractivity contribution in [2.24, 2.45) is 0 Å². The number of nitrogens with zero attached hydrogens (tertiary/aromatic N) is 1. The van der Waals surface area contributed by atoms with E-state index in [9.17, 15) is 9.59 Å². The molecule has 3 amide bonds. The van der Waals surface area contributed by atoms with Crippen LogP contribution in [0.4, 0.5) is 4.79 Å². The highest BCUT2D eigenvalue weighted by Crippen LogP contribution is 2.36. The zero-order valence-corrected chi connectivity index (χ0v) is 15.3. The molecule has 2 aromatic carbocycles. The van der Waals surface area contributed by atoms with Crippen molar-refractivity contribution in [1.82, 2.24) is 10.2 Å². The number of amides is 3. The molecule has 140 valence electrons. The summed E-state index contributed by atoms with van der Waals surface area (Å²) in [5.41, 5.74) is 1.55. The molecular weight excluding hydrogens is 348 g/mol. The minimum Gasteiger partial charge on any atom is -0.496 e. The molecule has 0 saturated carbocycles. The predicted molar refractivity (Wildman–Crippen MR) is 99.6 cm³/mol. The molecule has 1 heterocycles. The van der Waals surface area contributed by atoms with Gasteiger partial charge in [0.2, 0.25) is 0 Å². The molecule has 0 unspecified atom stereocenters. The Morgan fingerprint density at radius 1 is 0.963 bits per heavy atom. The SMILES string of the molecule is COc1cc(OC)c(/C=C2/NC(=O)N(Cc3ccccc3)C2=O)c(OC)c1. The number of benzene rings is 2. The van der Waals surface area contributed by atoms with Gasteiger partial charge in [-0.3, -0.25) is 9.69 Å². The number of methoxy groups -OCH3 is 3. The summed E-state index contributed by atoms with van der Waals surface area (Å²) in [4.78, 5) is 26.1. The summed E-state index contributed by atoms with van der Waals surface area (Å²) in [5.74, 6) is 1.06. The fourth-order valence-electron chi connectivity index (χ4n) is 2.80. The summed E-state index contributed by atoms with van der Waals surface area (Å²) >= 11 is 0. The molecule has 1 N–H and O–H groups in total. The highest BCUT2D eigenvalue weighted by molar-refractivity contribution is 6.14. The Morgan fingerprint density at radius 2 is 1.59 bits per heavy atom. The number of hydrogen-bond donors (Lipinski definition) is 1. The molecule has 0 bridgehead atoms. The van der Waals surface area contributed by atoms with Crippen LogP contribution in [0, 0.1) is 0 Å². The first-order chi connectivity index (χ1) is 13.1. The van der Waals surface area contributed by atoms with E-state index in [1.54, 1.807) is 18.2 Å². The zero-order chi connectivity index (χ0) is 19.4. The fraction of sp³-hybridized carbons (Fsp3) is 0.200. The predicted octanol–water partition coefficient (Wildman–Crippen LogP) is 2.81. The van der Waals surface area contributed by atoms with E-state index in [1.165, 1.54) is 21.3 Å². The largest absolute Gasteiger partial charge is 0.496 e. The van der Waals surface area contributed by atoms with Gasteiger partial charge in [-0.15, -0.1) is 0 Å². The minimum atomic E-state index is -0.471. The van der Waals surface area contributed by atoms with Crippen molar-refractivity contribution in [3.8, 4) is 17.2 Å². The van der Waals surface area contributed by atoms with Gasteiger partial charge in [-0.25, -0.2) is 4.79 Å². The van der Waals surface area contributed by atoms with E-state index in [0.29, 0.717) is 22.8 Å². The molecule has 0 spiro atoms. The normalized spacial score (nSPS) is 15.1. The second kappa shape index (κ2) is 7.82. The molecule has 1 aliphatic heterocycles. The Hall–Kier alpha value is -3.48.